The minimum atomic E-state index is -1.14. The number of carboxylic acids is 1. The first-order chi connectivity index (χ1) is 6.13. The van der Waals surface area contributed by atoms with Crippen molar-refractivity contribution >= 4 is 5.97 Å². The molecule has 1 rings (SSSR count). The Morgan fingerprint density at radius 1 is 1.54 bits per heavy atom. The minimum Gasteiger partial charge on any atom is -0.478 e. The number of benzene rings is 1. The van der Waals surface area contributed by atoms with Gasteiger partial charge in [-0.3, -0.25) is 0 Å². The van der Waals surface area contributed by atoms with Gasteiger partial charge in [0.05, 0.1) is 12.2 Å². The molecule has 1 N–H and O–H groups in total. The van der Waals surface area contributed by atoms with Gasteiger partial charge >= 0.3 is 5.97 Å². The first kappa shape index (κ1) is 9.67. The van der Waals surface area contributed by atoms with Crippen molar-refractivity contribution in [2.45, 2.75) is 6.61 Å². The second kappa shape index (κ2) is 4.00. The molecule has 0 bridgehead atoms. The number of hydrogen-bond acceptors (Lipinski definition) is 2. The third-order valence-electron chi connectivity index (χ3n) is 1.52. The molecule has 4 heteroatoms. The lowest BCUT2D eigenvalue weighted by Gasteiger charge is -2.01. The molecule has 0 aromatic heterocycles. The average molecular weight is 184 g/mol. The van der Waals surface area contributed by atoms with E-state index in [4.69, 9.17) is 9.84 Å². The van der Waals surface area contributed by atoms with E-state index < -0.39 is 11.8 Å². The van der Waals surface area contributed by atoms with E-state index >= 15 is 0 Å². The summed E-state index contributed by atoms with van der Waals surface area (Å²) in [6.07, 6.45) is 0. The van der Waals surface area contributed by atoms with E-state index in [9.17, 15) is 9.18 Å². The number of carboxylic acid groups (broad SMARTS) is 1. The number of aromatic carboxylic acids is 1. The SMILES string of the molecule is COCc1cc(F)cc(C(=O)O)c1. The molecular weight excluding hydrogens is 175 g/mol. The van der Waals surface area contributed by atoms with Crippen LogP contribution < -0.4 is 0 Å². The number of methoxy groups -OCH3 is 1. The predicted octanol–water partition coefficient (Wildman–Crippen LogP) is 1.67. The second-order valence-corrected chi connectivity index (χ2v) is 2.59. The van der Waals surface area contributed by atoms with Crippen LogP contribution in [-0.2, 0) is 11.3 Å². The van der Waals surface area contributed by atoms with Crippen molar-refractivity contribution in [3.8, 4) is 0 Å². The van der Waals surface area contributed by atoms with Crippen molar-refractivity contribution in [3.05, 3.63) is 35.1 Å². The van der Waals surface area contributed by atoms with Crippen LogP contribution in [0.4, 0.5) is 4.39 Å². The summed E-state index contributed by atoms with van der Waals surface area (Å²) in [6, 6.07) is 3.60. The van der Waals surface area contributed by atoms with Crippen molar-refractivity contribution in [1.82, 2.24) is 0 Å². The van der Waals surface area contributed by atoms with Crippen LogP contribution in [0.15, 0.2) is 18.2 Å². The van der Waals surface area contributed by atoms with Gasteiger partial charge in [-0.25, -0.2) is 9.18 Å². The summed E-state index contributed by atoms with van der Waals surface area (Å²) < 4.78 is 17.6. The van der Waals surface area contributed by atoms with Crippen molar-refractivity contribution in [1.29, 1.82) is 0 Å². The molecule has 0 aliphatic carbocycles. The van der Waals surface area contributed by atoms with Crippen LogP contribution in [0.1, 0.15) is 15.9 Å². The third kappa shape index (κ3) is 2.52. The van der Waals surface area contributed by atoms with Crippen molar-refractivity contribution < 1.29 is 19.0 Å². The standard InChI is InChI=1S/C9H9FO3/c1-13-5-6-2-7(9(11)12)4-8(10)3-6/h2-4H,5H2,1H3,(H,11,12). The van der Waals surface area contributed by atoms with E-state index in [0.717, 1.165) is 6.07 Å². The fraction of sp³-hybridized carbons (Fsp3) is 0.222. The van der Waals surface area contributed by atoms with Gasteiger partial charge in [-0.05, 0) is 23.8 Å². The lowest BCUT2D eigenvalue weighted by molar-refractivity contribution is 0.0696. The van der Waals surface area contributed by atoms with Crippen molar-refractivity contribution in [2.24, 2.45) is 0 Å². The predicted molar refractivity (Wildman–Crippen MR) is 44.1 cm³/mol. The van der Waals surface area contributed by atoms with Gasteiger partial charge in [0.25, 0.3) is 0 Å². The Balaban J connectivity index is 3.03. The molecule has 0 spiro atoms. The summed E-state index contributed by atoms with van der Waals surface area (Å²) in [5.41, 5.74) is 0.451. The van der Waals surface area contributed by atoms with Crippen LogP contribution in [0.5, 0.6) is 0 Å². The van der Waals surface area contributed by atoms with E-state index in [1.165, 1.54) is 19.2 Å². The van der Waals surface area contributed by atoms with Gasteiger partial charge in [0.15, 0.2) is 0 Å². The summed E-state index contributed by atoms with van der Waals surface area (Å²) in [4.78, 5) is 10.5. The number of rotatable bonds is 3. The molecule has 0 saturated heterocycles. The highest BCUT2D eigenvalue weighted by Gasteiger charge is 2.06. The maximum Gasteiger partial charge on any atom is 0.335 e. The van der Waals surface area contributed by atoms with Gasteiger partial charge in [-0.15, -0.1) is 0 Å². The molecule has 1 aromatic carbocycles. The molecule has 0 aliphatic heterocycles. The molecule has 0 radical (unpaired) electrons. The molecular formula is C9H9FO3. The van der Waals surface area contributed by atoms with E-state index in [0.29, 0.717) is 5.56 Å². The van der Waals surface area contributed by atoms with Crippen molar-refractivity contribution in [2.75, 3.05) is 7.11 Å². The maximum absolute atomic E-state index is 12.8. The summed E-state index contributed by atoms with van der Waals surface area (Å²) in [5, 5.41) is 8.59. The zero-order valence-corrected chi connectivity index (χ0v) is 7.08. The highest BCUT2D eigenvalue weighted by atomic mass is 19.1. The Labute approximate surface area is 74.8 Å². The lowest BCUT2D eigenvalue weighted by atomic mass is 10.1. The Morgan fingerprint density at radius 3 is 2.77 bits per heavy atom. The fourth-order valence-electron chi connectivity index (χ4n) is 1.02. The van der Waals surface area contributed by atoms with Crippen molar-refractivity contribution in [3.63, 3.8) is 0 Å². The van der Waals surface area contributed by atoms with Gasteiger partial charge in [0.2, 0.25) is 0 Å². The molecule has 0 atom stereocenters. The van der Waals surface area contributed by atoms with Crippen LogP contribution >= 0.6 is 0 Å². The largest absolute Gasteiger partial charge is 0.478 e. The Bertz CT molecular complexity index is 323. The molecule has 0 heterocycles. The smallest absolute Gasteiger partial charge is 0.335 e. The third-order valence-corrected chi connectivity index (χ3v) is 1.52. The fourth-order valence-corrected chi connectivity index (χ4v) is 1.02. The number of ether oxygens (including phenoxy) is 1. The van der Waals surface area contributed by atoms with E-state index in [1.54, 1.807) is 0 Å². The van der Waals surface area contributed by atoms with Crippen LogP contribution in [0.2, 0.25) is 0 Å². The van der Waals surface area contributed by atoms with Gasteiger partial charge in [0.1, 0.15) is 5.82 Å². The number of carbonyl (C=O) groups is 1. The quantitative estimate of drug-likeness (QED) is 0.777. The molecule has 0 aliphatic rings. The Kier molecular flexibility index (Phi) is 2.97. The summed E-state index contributed by atoms with van der Waals surface area (Å²) in [7, 11) is 1.46. The first-order valence-electron chi connectivity index (χ1n) is 3.65. The van der Waals surface area contributed by atoms with Gasteiger partial charge in [-0.1, -0.05) is 0 Å². The zero-order valence-electron chi connectivity index (χ0n) is 7.08. The van der Waals surface area contributed by atoms with Crippen LogP contribution in [0.3, 0.4) is 0 Å². The monoisotopic (exact) mass is 184 g/mol. The Hall–Kier alpha value is -1.42. The van der Waals surface area contributed by atoms with Gasteiger partial charge < -0.3 is 9.84 Å². The number of hydrogen-bond donors (Lipinski definition) is 1. The number of halogens is 1. The zero-order chi connectivity index (χ0) is 9.84. The molecule has 0 amide bonds. The molecule has 0 unspecified atom stereocenters. The molecule has 0 fully saturated rings. The average Bonchev–Trinajstić information content (AvgIpc) is 2.03. The summed E-state index contributed by atoms with van der Waals surface area (Å²) >= 11 is 0. The normalized spacial score (nSPS) is 10.0. The molecule has 3 nitrogen and oxygen atoms in total. The minimum absolute atomic E-state index is 0.0629. The van der Waals surface area contributed by atoms with E-state index in [2.05, 4.69) is 0 Å². The summed E-state index contributed by atoms with van der Waals surface area (Å²) in [6.45, 7) is 0.206. The van der Waals surface area contributed by atoms with E-state index in [-0.39, 0.29) is 12.2 Å². The second-order valence-electron chi connectivity index (χ2n) is 2.59. The van der Waals surface area contributed by atoms with Crippen LogP contribution in [0.25, 0.3) is 0 Å². The lowest BCUT2D eigenvalue weighted by Crippen LogP contribution is -1.99. The maximum atomic E-state index is 12.8. The molecule has 1 aromatic rings. The Morgan fingerprint density at radius 2 is 2.23 bits per heavy atom. The van der Waals surface area contributed by atoms with Crippen LogP contribution in [-0.4, -0.2) is 18.2 Å². The highest BCUT2D eigenvalue weighted by molar-refractivity contribution is 5.87. The topological polar surface area (TPSA) is 46.5 Å². The highest BCUT2D eigenvalue weighted by Crippen LogP contribution is 2.10. The molecule has 70 valence electrons. The molecule has 0 saturated carbocycles. The molecule has 13 heavy (non-hydrogen) atoms. The van der Waals surface area contributed by atoms with Gasteiger partial charge in [-0.2, -0.15) is 0 Å². The van der Waals surface area contributed by atoms with E-state index in [1.807, 2.05) is 0 Å². The summed E-state index contributed by atoms with van der Waals surface area (Å²) in [5.74, 6) is -1.70. The van der Waals surface area contributed by atoms with Crippen LogP contribution in [0, 0.1) is 5.82 Å². The first-order valence-corrected chi connectivity index (χ1v) is 3.65. The van der Waals surface area contributed by atoms with Gasteiger partial charge in [0, 0.05) is 7.11 Å².